The van der Waals surface area contributed by atoms with Gasteiger partial charge in [0.25, 0.3) is 0 Å². The van der Waals surface area contributed by atoms with Crippen LogP contribution in [0.1, 0.15) is 0 Å². The summed E-state index contributed by atoms with van der Waals surface area (Å²) < 4.78 is 8.71. The number of nitrogens with zero attached hydrogens (tertiary/aromatic N) is 5. The minimum atomic E-state index is 0.429. The number of fused-ring (bicyclic) bond motifs is 1. The molecule has 0 bridgehead atoms. The highest BCUT2D eigenvalue weighted by molar-refractivity contribution is 8.00. The molecule has 31 heavy (non-hydrogen) atoms. The molecule has 0 radical (unpaired) electrons. The Hall–Kier alpha value is -2.49. The molecule has 2 N–H and O–H groups in total. The lowest BCUT2D eigenvalue weighted by atomic mass is 10.3. The third-order valence-electron chi connectivity index (χ3n) is 5.11. The summed E-state index contributed by atoms with van der Waals surface area (Å²) in [5, 5.41) is 4.76. The predicted octanol–water partition coefficient (Wildman–Crippen LogP) is 3.61. The lowest BCUT2D eigenvalue weighted by Gasteiger charge is -2.32. The van der Waals surface area contributed by atoms with Crippen LogP contribution in [0, 0.1) is 0 Å². The van der Waals surface area contributed by atoms with Crippen LogP contribution in [0.3, 0.4) is 0 Å². The molecular weight excluding hydrogens is 434 g/mol. The van der Waals surface area contributed by atoms with Gasteiger partial charge in [0.1, 0.15) is 16.7 Å². The SMILES string of the molecule is COc1ccccc1NSCCNc1nc(N2CCN(C)CC2)nc2cnc(Cl)cc12. The van der Waals surface area contributed by atoms with E-state index in [1.54, 1.807) is 25.3 Å². The maximum Gasteiger partial charge on any atom is 0.228 e. The molecule has 0 aliphatic carbocycles. The van der Waals surface area contributed by atoms with Crippen LogP contribution in [-0.2, 0) is 0 Å². The minimum Gasteiger partial charge on any atom is -0.495 e. The quantitative estimate of drug-likeness (QED) is 0.298. The van der Waals surface area contributed by atoms with Gasteiger partial charge in [-0.25, -0.2) is 9.97 Å². The number of hydrogen-bond acceptors (Lipinski definition) is 9. The molecule has 0 saturated carbocycles. The molecule has 0 atom stereocenters. The Balaban J connectivity index is 1.43. The van der Waals surface area contributed by atoms with E-state index >= 15 is 0 Å². The van der Waals surface area contributed by atoms with Crippen LogP contribution in [0.2, 0.25) is 5.15 Å². The zero-order valence-electron chi connectivity index (χ0n) is 17.6. The summed E-state index contributed by atoms with van der Waals surface area (Å²) >= 11 is 7.74. The summed E-state index contributed by atoms with van der Waals surface area (Å²) in [4.78, 5) is 18.3. The van der Waals surface area contributed by atoms with E-state index in [-0.39, 0.29) is 0 Å². The first-order chi connectivity index (χ1) is 15.1. The molecule has 0 amide bonds. The molecule has 3 aromatic rings. The molecule has 1 aliphatic heterocycles. The third-order valence-corrected chi connectivity index (χ3v) is 6.09. The molecule has 0 spiro atoms. The molecule has 1 fully saturated rings. The van der Waals surface area contributed by atoms with E-state index in [0.29, 0.717) is 5.15 Å². The zero-order valence-corrected chi connectivity index (χ0v) is 19.2. The van der Waals surface area contributed by atoms with Gasteiger partial charge < -0.3 is 24.6 Å². The lowest BCUT2D eigenvalue weighted by Crippen LogP contribution is -2.45. The van der Waals surface area contributed by atoms with Crippen molar-refractivity contribution in [1.29, 1.82) is 0 Å². The minimum absolute atomic E-state index is 0.429. The standard InChI is InChI=1S/C21H26ClN7OS/c1-28-8-10-29(11-9-28)21-25-17-14-24-19(22)13-15(17)20(26-21)23-7-12-31-27-16-5-3-4-6-18(16)30-2/h3-6,13-14,27H,7-12H2,1-2H3,(H,23,25,26). The zero-order chi connectivity index (χ0) is 21.6. The molecule has 164 valence electrons. The highest BCUT2D eigenvalue weighted by Gasteiger charge is 2.18. The number of nitrogens with one attached hydrogen (secondary N) is 2. The van der Waals surface area contributed by atoms with E-state index in [1.165, 1.54) is 0 Å². The van der Waals surface area contributed by atoms with Gasteiger partial charge in [0.05, 0.1) is 24.5 Å². The van der Waals surface area contributed by atoms with Crippen LogP contribution in [-0.4, -0.2) is 72.5 Å². The third kappa shape index (κ3) is 5.41. The van der Waals surface area contributed by atoms with E-state index in [9.17, 15) is 0 Å². The Morgan fingerprint density at radius 2 is 1.97 bits per heavy atom. The van der Waals surface area contributed by atoms with Gasteiger partial charge in [-0.15, -0.1) is 0 Å². The second-order valence-corrected chi connectivity index (χ2v) is 8.55. The molecule has 2 aromatic heterocycles. The molecule has 4 rings (SSSR count). The number of pyridine rings is 1. The summed E-state index contributed by atoms with van der Waals surface area (Å²) in [5.74, 6) is 3.16. The molecule has 8 nitrogen and oxygen atoms in total. The Labute approximate surface area is 191 Å². The van der Waals surface area contributed by atoms with Gasteiger partial charge in [0.15, 0.2) is 0 Å². The fourth-order valence-corrected chi connectivity index (χ4v) is 4.14. The van der Waals surface area contributed by atoms with Crippen LogP contribution < -0.4 is 19.7 Å². The van der Waals surface area contributed by atoms with Crippen molar-refractivity contribution < 1.29 is 4.74 Å². The summed E-state index contributed by atoms with van der Waals surface area (Å²) in [5.41, 5.74) is 1.74. The van der Waals surface area contributed by atoms with Gasteiger partial charge in [-0.3, -0.25) is 0 Å². The van der Waals surface area contributed by atoms with Crippen LogP contribution in [0.5, 0.6) is 5.75 Å². The van der Waals surface area contributed by atoms with E-state index in [0.717, 1.165) is 72.6 Å². The number of likely N-dealkylation sites (N-methyl/N-ethyl adjacent to an activating group) is 1. The Morgan fingerprint density at radius 3 is 2.77 bits per heavy atom. The highest BCUT2D eigenvalue weighted by atomic mass is 35.5. The fraction of sp³-hybridized carbons (Fsp3) is 0.381. The first kappa shape index (κ1) is 21.7. The second-order valence-electron chi connectivity index (χ2n) is 7.26. The predicted molar refractivity (Wildman–Crippen MR) is 130 cm³/mol. The number of methoxy groups -OCH3 is 1. The molecule has 1 aromatic carbocycles. The average Bonchev–Trinajstić information content (AvgIpc) is 2.79. The Kier molecular flexibility index (Phi) is 7.16. The summed E-state index contributed by atoms with van der Waals surface area (Å²) in [6.07, 6.45) is 1.71. The normalized spacial score (nSPS) is 14.6. The second kappa shape index (κ2) is 10.2. The van der Waals surface area contributed by atoms with Gasteiger partial charge in [0, 0.05) is 43.9 Å². The molecule has 10 heteroatoms. The smallest absolute Gasteiger partial charge is 0.228 e. The van der Waals surface area contributed by atoms with Crippen molar-refractivity contribution in [3.8, 4) is 5.75 Å². The number of halogens is 1. The first-order valence-electron chi connectivity index (χ1n) is 10.2. The van der Waals surface area contributed by atoms with Crippen molar-refractivity contribution in [3.63, 3.8) is 0 Å². The monoisotopic (exact) mass is 459 g/mol. The van der Waals surface area contributed by atoms with Crippen molar-refractivity contribution in [2.45, 2.75) is 0 Å². The molecule has 3 heterocycles. The average molecular weight is 460 g/mol. The molecule has 1 aliphatic rings. The maximum atomic E-state index is 6.14. The van der Waals surface area contributed by atoms with Crippen molar-refractivity contribution in [2.24, 2.45) is 0 Å². The van der Waals surface area contributed by atoms with Gasteiger partial charge in [-0.1, -0.05) is 35.7 Å². The van der Waals surface area contributed by atoms with Gasteiger partial charge >= 0.3 is 0 Å². The molecule has 1 saturated heterocycles. The van der Waals surface area contributed by atoms with Crippen LogP contribution in [0.25, 0.3) is 10.9 Å². The van der Waals surface area contributed by atoms with Gasteiger partial charge in [-0.05, 0) is 25.2 Å². The molecular formula is C21H26ClN7OS. The summed E-state index contributed by atoms with van der Waals surface area (Å²) in [7, 11) is 3.80. The van der Waals surface area contributed by atoms with Crippen molar-refractivity contribution in [2.75, 3.05) is 67.6 Å². The van der Waals surface area contributed by atoms with E-state index < -0.39 is 0 Å². The number of rotatable bonds is 8. The van der Waals surface area contributed by atoms with Gasteiger partial charge in [0.2, 0.25) is 5.95 Å². The van der Waals surface area contributed by atoms with Crippen molar-refractivity contribution in [1.82, 2.24) is 19.9 Å². The highest BCUT2D eigenvalue weighted by Crippen LogP contribution is 2.27. The summed E-state index contributed by atoms with van der Waals surface area (Å²) in [6, 6.07) is 9.68. The maximum absolute atomic E-state index is 6.14. The van der Waals surface area contributed by atoms with Crippen molar-refractivity contribution in [3.05, 3.63) is 41.7 Å². The molecule has 0 unspecified atom stereocenters. The fourth-order valence-electron chi connectivity index (χ4n) is 3.36. The number of hydrogen-bond donors (Lipinski definition) is 2. The summed E-state index contributed by atoms with van der Waals surface area (Å²) in [6.45, 7) is 4.52. The number of aromatic nitrogens is 3. The van der Waals surface area contributed by atoms with Crippen LogP contribution in [0.4, 0.5) is 17.5 Å². The van der Waals surface area contributed by atoms with Crippen molar-refractivity contribution >= 4 is 51.9 Å². The Morgan fingerprint density at radius 1 is 1.16 bits per heavy atom. The van der Waals surface area contributed by atoms with Gasteiger partial charge in [-0.2, -0.15) is 4.98 Å². The number of benzene rings is 1. The van der Waals surface area contributed by atoms with Crippen LogP contribution in [0.15, 0.2) is 36.5 Å². The van der Waals surface area contributed by atoms with E-state index in [1.807, 2.05) is 30.3 Å². The van der Waals surface area contributed by atoms with Crippen LogP contribution >= 0.6 is 23.5 Å². The topological polar surface area (TPSA) is 78.4 Å². The Bertz CT molecular complexity index is 1030. The number of anilines is 3. The lowest BCUT2D eigenvalue weighted by molar-refractivity contribution is 0.311. The number of para-hydroxylation sites is 2. The largest absolute Gasteiger partial charge is 0.495 e. The van der Waals surface area contributed by atoms with E-state index in [2.05, 4.69) is 31.9 Å². The first-order valence-corrected chi connectivity index (χ1v) is 11.5. The number of piperazine rings is 1. The van der Waals surface area contributed by atoms with E-state index in [4.69, 9.17) is 26.3 Å². The number of ether oxygens (including phenoxy) is 1.